The lowest BCUT2D eigenvalue weighted by Gasteiger charge is -2.27. The Balaban J connectivity index is 2.95. The first-order valence-corrected chi connectivity index (χ1v) is 4.49. The Kier molecular flexibility index (Phi) is 3.36. The molecule has 0 spiro atoms. The van der Waals surface area contributed by atoms with Gasteiger partial charge in [0.2, 0.25) is 5.91 Å². The first kappa shape index (κ1) is 12.0. The highest BCUT2D eigenvalue weighted by Gasteiger charge is 2.46. The molecule has 0 saturated carbocycles. The summed E-state index contributed by atoms with van der Waals surface area (Å²) in [6.45, 7) is 0. The fraction of sp³-hybridized carbons (Fsp3) is 0.667. The van der Waals surface area contributed by atoms with Gasteiger partial charge in [-0.2, -0.15) is 13.2 Å². The van der Waals surface area contributed by atoms with Gasteiger partial charge in [0.15, 0.2) is 0 Å². The van der Waals surface area contributed by atoms with Crippen LogP contribution in [0.4, 0.5) is 17.6 Å². The Bertz CT molecular complexity index is 284. The van der Waals surface area contributed by atoms with Gasteiger partial charge in [0.25, 0.3) is 0 Å². The molecule has 0 aromatic heterocycles. The molecule has 0 aromatic carbocycles. The average Bonchev–Trinajstić information content (AvgIpc) is 2.15. The largest absolute Gasteiger partial charge is 0.396 e. The summed E-state index contributed by atoms with van der Waals surface area (Å²) in [6, 6.07) is 0. The van der Waals surface area contributed by atoms with Gasteiger partial charge in [0.05, 0.1) is 5.92 Å². The summed E-state index contributed by atoms with van der Waals surface area (Å²) in [4.78, 5) is 11.1. The molecule has 1 aliphatic rings. The van der Waals surface area contributed by atoms with Crippen LogP contribution >= 0.6 is 0 Å². The number of hydrogen-bond donors (Lipinski definition) is 1. The minimum absolute atomic E-state index is 0.130. The Morgan fingerprint density at radius 1 is 1.53 bits per heavy atom. The van der Waals surface area contributed by atoms with Crippen molar-refractivity contribution >= 4 is 5.91 Å². The van der Waals surface area contributed by atoms with E-state index in [4.69, 9.17) is 0 Å². The number of halogens is 4. The summed E-state index contributed by atoms with van der Waals surface area (Å²) < 4.78 is 50.3. The van der Waals surface area contributed by atoms with Crippen molar-refractivity contribution in [3.8, 4) is 0 Å². The normalized spacial score (nSPS) is 27.1. The average molecular weight is 225 g/mol. The van der Waals surface area contributed by atoms with E-state index in [2.05, 4.69) is 5.32 Å². The second-order valence-electron chi connectivity index (χ2n) is 3.40. The SMILES string of the molecule is CNC(=O)C1=CCC(F)C[C@@H]1C(F)(F)F. The standard InChI is InChI=1S/C9H11F4NO/c1-14-8(15)6-3-2-5(10)4-7(6)9(11,12)13/h3,5,7H,2,4H2,1H3,(H,14,15)/t5?,7-/m0/s1. The van der Waals surface area contributed by atoms with Gasteiger partial charge >= 0.3 is 6.18 Å². The lowest BCUT2D eigenvalue weighted by atomic mass is 9.85. The van der Waals surface area contributed by atoms with Crippen molar-refractivity contribution in [3.63, 3.8) is 0 Å². The fourth-order valence-electron chi connectivity index (χ4n) is 1.58. The third-order valence-electron chi connectivity index (χ3n) is 2.34. The molecule has 0 bridgehead atoms. The number of rotatable bonds is 1. The molecule has 0 aromatic rings. The van der Waals surface area contributed by atoms with Crippen LogP contribution in [-0.2, 0) is 4.79 Å². The van der Waals surface area contributed by atoms with Crippen molar-refractivity contribution in [1.82, 2.24) is 5.32 Å². The van der Waals surface area contributed by atoms with Gasteiger partial charge in [0, 0.05) is 12.6 Å². The molecular weight excluding hydrogens is 214 g/mol. The van der Waals surface area contributed by atoms with Crippen LogP contribution in [0, 0.1) is 5.92 Å². The molecule has 1 amide bonds. The molecular formula is C9H11F4NO. The summed E-state index contributed by atoms with van der Waals surface area (Å²) in [7, 11) is 1.25. The number of amides is 1. The van der Waals surface area contributed by atoms with Crippen LogP contribution in [0.1, 0.15) is 12.8 Å². The van der Waals surface area contributed by atoms with E-state index < -0.39 is 30.6 Å². The predicted molar refractivity (Wildman–Crippen MR) is 45.8 cm³/mol. The highest BCUT2D eigenvalue weighted by atomic mass is 19.4. The van der Waals surface area contributed by atoms with Crippen molar-refractivity contribution in [2.45, 2.75) is 25.2 Å². The summed E-state index contributed by atoms with van der Waals surface area (Å²) in [5, 5.41) is 2.12. The molecule has 2 atom stereocenters. The second kappa shape index (κ2) is 4.20. The van der Waals surface area contributed by atoms with E-state index in [0.717, 1.165) is 6.08 Å². The van der Waals surface area contributed by atoms with E-state index in [1.54, 1.807) is 0 Å². The summed E-state index contributed by atoms with van der Waals surface area (Å²) in [6.07, 6.45) is -5.85. The van der Waals surface area contributed by atoms with Gasteiger partial charge in [-0.25, -0.2) is 4.39 Å². The molecule has 1 N–H and O–H groups in total. The van der Waals surface area contributed by atoms with Crippen molar-refractivity contribution in [3.05, 3.63) is 11.6 Å². The molecule has 6 heteroatoms. The molecule has 2 nitrogen and oxygen atoms in total. The van der Waals surface area contributed by atoms with Crippen molar-refractivity contribution in [2.24, 2.45) is 5.92 Å². The van der Waals surface area contributed by atoms with Gasteiger partial charge in [-0.3, -0.25) is 4.79 Å². The maximum atomic E-state index is 12.8. The van der Waals surface area contributed by atoms with Gasteiger partial charge in [-0.1, -0.05) is 6.08 Å². The highest BCUT2D eigenvalue weighted by molar-refractivity contribution is 5.94. The van der Waals surface area contributed by atoms with Crippen LogP contribution in [0.5, 0.6) is 0 Å². The number of alkyl halides is 4. The predicted octanol–water partition coefficient (Wildman–Crippen LogP) is 1.97. The van der Waals surface area contributed by atoms with Crippen LogP contribution < -0.4 is 5.32 Å². The quantitative estimate of drug-likeness (QED) is 0.679. The minimum atomic E-state index is -4.57. The zero-order valence-electron chi connectivity index (χ0n) is 8.07. The van der Waals surface area contributed by atoms with Crippen molar-refractivity contribution in [1.29, 1.82) is 0 Å². The van der Waals surface area contributed by atoms with E-state index in [0.29, 0.717) is 0 Å². The highest BCUT2D eigenvalue weighted by Crippen LogP contribution is 2.39. The van der Waals surface area contributed by atoms with E-state index in [1.807, 2.05) is 0 Å². The van der Waals surface area contributed by atoms with Gasteiger partial charge < -0.3 is 5.32 Å². The monoisotopic (exact) mass is 225 g/mol. The Hall–Kier alpha value is -1.07. The third-order valence-corrected chi connectivity index (χ3v) is 2.34. The number of likely N-dealkylation sites (N-methyl/N-ethyl adjacent to an activating group) is 1. The fourth-order valence-corrected chi connectivity index (χ4v) is 1.58. The summed E-state index contributed by atoms with van der Waals surface area (Å²) in [5.41, 5.74) is -0.376. The minimum Gasteiger partial charge on any atom is -0.355 e. The topological polar surface area (TPSA) is 29.1 Å². The van der Waals surface area contributed by atoms with Gasteiger partial charge in [-0.05, 0) is 12.8 Å². The molecule has 0 fully saturated rings. The lowest BCUT2D eigenvalue weighted by Crippen LogP contribution is -2.36. The number of carbonyl (C=O) groups is 1. The van der Waals surface area contributed by atoms with Crippen LogP contribution in [0.25, 0.3) is 0 Å². The maximum Gasteiger partial charge on any atom is 0.396 e. The van der Waals surface area contributed by atoms with E-state index in [1.165, 1.54) is 7.05 Å². The molecule has 1 aliphatic carbocycles. The molecule has 0 aliphatic heterocycles. The molecule has 0 heterocycles. The third kappa shape index (κ3) is 2.70. The summed E-state index contributed by atoms with van der Waals surface area (Å²) in [5.74, 6) is -2.77. The number of allylic oxidation sites excluding steroid dienone is 1. The van der Waals surface area contributed by atoms with E-state index in [-0.39, 0.29) is 12.0 Å². The van der Waals surface area contributed by atoms with Crippen LogP contribution in [-0.4, -0.2) is 25.3 Å². The van der Waals surface area contributed by atoms with Gasteiger partial charge in [0.1, 0.15) is 6.17 Å². The van der Waals surface area contributed by atoms with Crippen LogP contribution in [0.3, 0.4) is 0 Å². The molecule has 15 heavy (non-hydrogen) atoms. The van der Waals surface area contributed by atoms with Crippen molar-refractivity contribution < 1.29 is 22.4 Å². The Morgan fingerprint density at radius 3 is 2.60 bits per heavy atom. The van der Waals surface area contributed by atoms with Gasteiger partial charge in [-0.15, -0.1) is 0 Å². The zero-order valence-corrected chi connectivity index (χ0v) is 8.07. The first-order chi connectivity index (χ1) is 6.86. The molecule has 86 valence electrons. The first-order valence-electron chi connectivity index (χ1n) is 4.49. The Morgan fingerprint density at radius 2 is 2.13 bits per heavy atom. The molecule has 0 radical (unpaired) electrons. The van der Waals surface area contributed by atoms with Crippen LogP contribution in [0.15, 0.2) is 11.6 Å². The van der Waals surface area contributed by atoms with E-state index in [9.17, 15) is 22.4 Å². The number of nitrogens with one attached hydrogen (secondary N) is 1. The maximum absolute atomic E-state index is 12.8. The number of carbonyl (C=O) groups excluding carboxylic acids is 1. The number of hydrogen-bond acceptors (Lipinski definition) is 1. The summed E-state index contributed by atoms with van der Waals surface area (Å²) >= 11 is 0. The van der Waals surface area contributed by atoms with E-state index >= 15 is 0 Å². The van der Waals surface area contributed by atoms with Crippen LogP contribution in [0.2, 0.25) is 0 Å². The molecule has 1 rings (SSSR count). The molecule has 0 saturated heterocycles. The second-order valence-corrected chi connectivity index (χ2v) is 3.40. The lowest BCUT2D eigenvalue weighted by molar-refractivity contribution is -0.172. The van der Waals surface area contributed by atoms with Crippen molar-refractivity contribution in [2.75, 3.05) is 7.05 Å². The smallest absolute Gasteiger partial charge is 0.355 e. The Labute approximate surface area is 84.3 Å². The zero-order chi connectivity index (χ0) is 11.6. The molecule has 1 unspecified atom stereocenters.